The van der Waals surface area contributed by atoms with Gasteiger partial charge in [-0.05, 0) is 25.0 Å². The highest BCUT2D eigenvalue weighted by molar-refractivity contribution is 6.21. The maximum Gasteiger partial charge on any atom is 0.0705 e. The Balaban J connectivity index is 1.67. The average Bonchev–Trinajstić information content (AvgIpc) is 2.46. The summed E-state index contributed by atoms with van der Waals surface area (Å²) in [5.41, 5.74) is 2.15. The van der Waals surface area contributed by atoms with Gasteiger partial charge in [-0.1, -0.05) is 37.1 Å². The number of pyridine rings is 1. The molecule has 3 rings (SSSR count). The molecule has 1 heterocycles. The number of nitrogens with one attached hydrogen (secondary N) is 1. The summed E-state index contributed by atoms with van der Waals surface area (Å²) in [5, 5.41) is 5.02. The van der Waals surface area contributed by atoms with Gasteiger partial charge in [-0.15, -0.1) is 11.6 Å². The van der Waals surface area contributed by atoms with Gasteiger partial charge in [-0.2, -0.15) is 0 Å². The summed E-state index contributed by atoms with van der Waals surface area (Å²) in [6.07, 6.45) is 4.86. The number of fused-ring (bicyclic) bond motifs is 1. The van der Waals surface area contributed by atoms with E-state index in [1.807, 2.05) is 12.1 Å². The second kappa shape index (κ2) is 5.89. The Morgan fingerprint density at radius 2 is 1.95 bits per heavy atom. The molecule has 100 valence electrons. The molecular formula is C16H19ClN2. The molecule has 1 aliphatic carbocycles. The van der Waals surface area contributed by atoms with Crippen LogP contribution in [0.15, 0.2) is 36.4 Å². The van der Waals surface area contributed by atoms with E-state index >= 15 is 0 Å². The smallest absolute Gasteiger partial charge is 0.0705 e. The minimum absolute atomic E-state index is 0.272. The largest absolute Gasteiger partial charge is 0.307 e. The number of halogens is 1. The lowest BCUT2D eigenvalue weighted by atomic mass is 9.95. The van der Waals surface area contributed by atoms with Crippen LogP contribution < -0.4 is 5.32 Å². The highest BCUT2D eigenvalue weighted by Crippen LogP contribution is 2.23. The lowest BCUT2D eigenvalue weighted by Crippen LogP contribution is -2.39. The van der Waals surface area contributed by atoms with E-state index in [9.17, 15) is 0 Å². The third-order valence-electron chi connectivity index (χ3n) is 3.88. The van der Waals surface area contributed by atoms with E-state index in [1.54, 1.807) is 0 Å². The van der Waals surface area contributed by atoms with E-state index in [0.717, 1.165) is 24.2 Å². The SMILES string of the molecule is ClC1CCCCC1NCc1ccc2ccccc2n1. The van der Waals surface area contributed by atoms with Crippen molar-refractivity contribution in [1.82, 2.24) is 10.3 Å². The molecule has 1 fully saturated rings. The molecule has 3 heteroatoms. The van der Waals surface area contributed by atoms with Crippen molar-refractivity contribution < 1.29 is 0 Å². The quantitative estimate of drug-likeness (QED) is 0.860. The van der Waals surface area contributed by atoms with Crippen LogP contribution in [-0.4, -0.2) is 16.4 Å². The third kappa shape index (κ3) is 3.07. The molecule has 2 nitrogen and oxygen atoms in total. The van der Waals surface area contributed by atoms with Crippen LogP contribution in [0, 0.1) is 0 Å². The summed E-state index contributed by atoms with van der Waals surface area (Å²) in [4.78, 5) is 4.68. The van der Waals surface area contributed by atoms with Gasteiger partial charge in [-0.3, -0.25) is 4.98 Å². The van der Waals surface area contributed by atoms with Crippen LogP contribution in [0.5, 0.6) is 0 Å². The first-order valence-electron chi connectivity index (χ1n) is 7.05. The topological polar surface area (TPSA) is 24.9 Å². The lowest BCUT2D eigenvalue weighted by Gasteiger charge is -2.27. The predicted molar refractivity (Wildman–Crippen MR) is 80.5 cm³/mol. The maximum absolute atomic E-state index is 6.36. The van der Waals surface area contributed by atoms with Gasteiger partial charge in [0.1, 0.15) is 0 Å². The molecule has 1 aromatic carbocycles. The van der Waals surface area contributed by atoms with Crippen LogP contribution >= 0.6 is 11.6 Å². The lowest BCUT2D eigenvalue weighted by molar-refractivity contribution is 0.377. The van der Waals surface area contributed by atoms with Gasteiger partial charge >= 0.3 is 0 Å². The molecule has 0 spiro atoms. The van der Waals surface area contributed by atoms with Gasteiger partial charge in [-0.25, -0.2) is 0 Å². The Labute approximate surface area is 119 Å². The molecule has 0 bridgehead atoms. The number of aromatic nitrogens is 1. The number of hydrogen-bond donors (Lipinski definition) is 1. The minimum atomic E-state index is 0.272. The second-order valence-corrected chi connectivity index (χ2v) is 5.84. The normalized spacial score (nSPS) is 23.6. The molecule has 1 aliphatic rings. The van der Waals surface area contributed by atoms with Gasteiger partial charge in [0.25, 0.3) is 0 Å². The number of alkyl halides is 1. The summed E-state index contributed by atoms with van der Waals surface area (Å²) in [7, 11) is 0. The Hall–Kier alpha value is -1.12. The number of nitrogens with zero attached hydrogens (tertiary/aromatic N) is 1. The number of para-hydroxylation sites is 1. The Morgan fingerprint density at radius 1 is 1.11 bits per heavy atom. The van der Waals surface area contributed by atoms with Crippen LogP contribution in [0.2, 0.25) is 0 Å². The highest BCUT2D eigenvalue weighted by Gasteiger charge is 2.22. The maximum atomic E-state index is 6.36. The van der Waals surface area contributed by atoms with E-state index < -0.39 is 0 Å². The molecule has 0 amide bonds. The van der Waals surface area contributed by atoms with E-state index in [-0.39, 0.29) is 5.38 Å². The van der Waals surface area contributed by atoms with Crippen molar-refractivity contribution in [2.75, 3.05) is 0 Å². The van der Waals surface area contributed by atoms with E-state index in [1.165, 1.54) is 24.6 Å². The molecule has 1 aromatic heterocycles. The van der Waals surface area contributed by atoms with Crippen molar-refractivity contribution in [1.29, 1.82) is 0 Å². The summed E-state index contributed by atoms with van der Waals surface area (Å²) in [5.74, 6) is 0. The molecule has 1 N–H and O–H groups in total. The second-order valence-electron chi connectivity index (χ2n) is 5.28. The van der Waals surface area contributed by atoms with E-state index in [2.05, 4.69) is 34.6 Å². The van der Waals surface area contributed by atoms with Gasteiger partial charge in [0.2, 0.25) is 0 Å². The highest BCUT2D eigenvalue weighted by atomic mass is 35.5. The number of hydrogen-bond acceptors (Lipinski definition) is 2. The van der Waals surface area contributed by atoms with Crippen LogP contribution in [0.4, 0.5) is 0 Å². The standard InChI is InChI=1S/C16H19ClN2/c17-14-6-2-4-8-16(14)18-11-13-10-9-12-5-1-3-7-15(12)19-13/h1,3,5,7,9-10,14,16,18H,2,4,6,8,11H2. The van der Waals surface area contributed by atoms with Crippen molar-refractivity contribution in [2.45, 2.75) is 43.6 Å². The molecule has 0 saturated heterocycles. The first-order chi connectivity index (χ1) is 9.33. The molecule has 2 unspecified atom stereocenters. The van der Waals surface area contributed by atoms with Gasteiger partial charge < -0.3 is 5.32 Å². The van der Waals surface area contributed by atoms with E-state index in [0.29, 0.717) is 6.04 Å². The van der Waals surface area contributed by atoms with Crippen LogP contribution in [0.3, 0.4) is 0 Å². The minimum Gasteiger partial charge on any atom is -0.307 e. The van der Waals surface area contributed by atoms with Gasteiger partial charge in [0.05, 0.1) is 11.2 Å². The summed E-state index contributed by atoms with van der Waals surface area (Å²) in [6.45, 7) is 0.804. The summed E-state index contributed by atoms with van der Waals surface area (Å²) < 4.78 is 0. The van der Waals surface area contributed by atoms with Crippen molar-refractivity contribution in [2.24, 2.45) is 0 Å². The number of rotatable bonds is 3. The van der Waals surface area contributed by atoms with Gasteiger partial charge in [0.15, 0.2) is 0 Å². The van der Waals surface area contributed by atoms with Crippen LogP contribution in [-0.2, 0) is 6.54 Å². The molecular weight excluding hydrogens is 256 g/mol. The monoisotopic (exact) mass is 274 g/mol. The summed E-state index contributed by atoms with van der Waals surface area (Å²) in [6, 6.07) is 12.9. The van der Waals surface area contributed by atoms with Crippen molar-refractivity contribution in [3.8, 4) is 0 Å². The zero-order chi connectivity index (χ0) is 13.1. The number of benzene rings is 1. The first-order valence-corrected chi connectivity index (χ1v) is 7.49. The van der Waals surface area contributed by atoms with Crippen LogP contribution in [0.25, 0.3) is 10.9 Å². The first kappa shape index (κ1) is 12.9. The van der Waals surface area contributed by atoms with Crippen molar-refractivity contribution in [3.05, 3.63) is 42.1 Å². The Kier molecular flexibility index (Phi) is 4.00. The van der Waals surface area contributed by atoms with E-state index in [4.69, 9.17) is 11.6 Å². The fourth-order valence-corrected chi connectivity index (χ4v) is 3.13. The molecule has 0 radical (unpaired) electrons. The third-order valence-corrected chi connectivity index (χ3v) is 4.41. The van der Waals surface area contributed by atoms with Gasteiger partial charge in [0, 0.05) is 23.3 Å². The average molecular weight is 275 g/mol. The molecule has 2 aromatic rings. The summed E-state index contributed by atoms with van der Waals surface area (Å²) >= 11 is 6.36. The Bertz CT molecular complexity index is 555. The van der Waals surface area contributed by atoms with Crippen molar-refractivity contribution >= 4 is 22.5 Å². The molecule has 0 aliphatic heterocycles. The molecule has 19 heavy (non-hydrogen) atoms. The van der Waals surface area contributed by atoms with Crippen molar-refractivity contribution in [3.63, 3.8) is 0 Å². The predicted octanol–water partition coefficient (Wildman–Crippen LogP) is 3.87. The molecule has 1 saturated carbocycles. The molecule has 2 atom stereocenters. The zero-order valence-electron chi connectivity index (χ0n) is 11.0. The van der Waals surface area contributed by atoms with Crippen LogP contribution in [0.1, 0.15) is 31.4 Å². The fourth-order valence-electron chi connectivity index (χ4n) is 2.76. The Morgan fingerprint density at radius 3 is 2.84 bits per heavy atom. The fraction of sp³-hybridized carbons (Fsp3) is 0.438. The zero-order valence-corrected chi connectivity index (χ0v) is 11.7.